The maximum atomic E-state index is 11.3. The fourth-order valence-electron chi connectivity index (χ4n) is 3.82. The minimum absolute atomic E-state index is 0.234. The molecule has 0 amide bonds. The summed E-state index contributed by atoms with van der Waals surface area (Å²) in [6.45, 7) is 13.9. The maximum absolute atomic E-state index is 11.3. The van der Waals surface area contributed by atoms with Gasteiger partial charge in [-0.3, -0.25) is 4.40 Å². The molecule has 0 spiro atoms. The van der Waals surface area contributed by atoms with Crippen molar-refractivity contribution in [2.45, 2.75) is 80.6 Å². The Balaban J connectivity index is 0.00000103. The molecule has 4 rings (SSSR count). The van der Waals surface area contributed by atoms with E-state index < -0.39 is 0 Å². The first-order valence-corrected chi connectivity index (χ1v) is 12.9. The summed E-state index contributed by atoms with van der Waals surface area (Å²) in [7, 11) is 0. The van der Waals surface area contributed by atoms with Crippen molar-refractivity contribution in [3.63, 3.8) is 0 Å². The zero-order chi connectivity index (χ0) is 25.8. The van der Waals surface area contributed by atoms with Gasteiger partial charge in [0.25, 0.3) is 0 Å². The molecule has 5 nitrogen and oxygen atoms in total. The van der Waals surface area contributed by atoms with Crippen molar-refractivity contribution in [2.75, 3.05) is 0 Å². The van der Waals surface area contributed by atoms with Crippen LogP contribution in [0.2, 0.25) is 0 Å². The van der Waals surface area contributed by atoms with E-state index >= 15 is 0 Å². The van der Waals surface area contributed by atoms with Gasteiger partial charge in [0, 0.05) is 30.8 Å². The van der Waals surface area contributed by atoms with Gasteiger partial charge in [0.15, 0.2) is 0 Å². The second-order valence-corrected chi connectivity index (χ2v) is 8.10. The van der Waals surface area contributed by atoms with E-state index in [9.17, 15) is 4.79 Å². The van der Waals surface area contributed by atoms with Gasteiger partial charge in [-0.1, -0.05) is 64.4 Å². The number of nitrogens with zero attached hydrogens (tertiary/aromatic N) is 4. The molecule has 0 saturated heterocycles. The molecule has 5 heteroatoms. The van der Waals surface area contributed by atoms with Crippen LogP contribution in [-0.4, -0.2) is 25.1 Å². The quantitative estimate of drug-likeness (QED) is 0.264. The van der Waals surface area contributed by atoms with Crippen LogP contribution in [0, 0.1) is 6.92 Å². The van der Waals surface area contributed by atoms with E-state index in [-0.39, 0.29) is 5.78 Å². The maximum Gasteiger partial charge on any atom is 0.138 e. The normalized spacial score (nSPS) is 10.3. The number of benzene rings is 1. The molecule has 0 bridgehead atoms. The van der Waals surface area contributed by atoms with Crippen LogP contribution < -0.4 is 0 Å². The van der Waals surface area contributed by atoms with Crippen molar-refractivity contribution in [1.82, 2.24) is 19.4 Å². The van der Waals surface area contributed by atoms with E-state index in [0.29, 0.717) is 6.42 Å². The van der Waals surface area contributed by atoms with Gasteiger partial charge in [-0.25, -0.2) is 15.0 Å². The van der Waals surface area contributed by atoms with Crippen LogP contribution in [-0.2, 0) is 17.6 Å². The third-order valence-corrected chi connectivity index (χ3v) is 5.43. The number of ketones is 1. The molecule has 0 aliphatic carbocycles. The molecule has 1 aromatic carbocycles. The van der Waals surface area contributed by atoms with E-state index in [2.05, 4.69) is 65.8 Å². The predicted octanol–water partition coefficient (Wildman–Crippen LogP) is 7.68. The van der Waals surface area contributed by atoms with Gasteiger partial charge in [0.2, 0.25) is 0 Å². The van der Waals surface area contributed by atoms with Crippen LogP contribution >= 0.6 is 0 Å². The van der Waals surface area contributed by atoms with Crippen LogP contribution in [0.4, 0.5) is 0 Å². The van der Waals surface area contributed by atoms with Crippen LogP contribution in [0.25, 0.3) is 28.3 Å². The molecule has 0 unspecified atom stereocenters. The summed E-state index contributed by atoms with van der Waals surface area (Å²) < 4.78 is 2.11. The van der Waals surface area contributed by atoms with Gasteiger partial charge in [0.1, 0.15) is 17.3 Å². The number of fused-ring (bicyclic) bond motifs is 1. The van der Waals surface area contributed by atoms with Gasteiger partial charge in [0.05, 0.1) is 17.1 Å². The number of aromatic nitrogens is 4. The lowest BCUT2D eigenvalue weighted by Crippen LogP contribution is -1.99. The number of Topliss-reactive ketones (excluding diaryl/α,β-unsaturated/α-hetero) is 1. The SMILES string of the molecule is CC.CC.CCCc1nccc(-c2c(-c3ccc(C)cc3)nc3cc(CCCC(C)=O)ccn23)n1. The largest absolute Gasteiger partial charge is 0.300 e. The van der Waals surface area contributed by atoms with E-state index in [1.54, 1.807) is 6.92 Å². The molecule has 0 radical (unpaired) electrons. The Morgan fingerprint density at radius 2 is 1.66 bits per heavy atom. The first kappa shape index (κ1) is 27.9. The second kappa shape index (κ2) is 14.1. The van der Waals surface area contributed by atoms with Crippen molar-refractivity contribution in [3.8, 4) is 22.6 Å². The first-order chi connectivity index (χ1) is 17.0. The average Bonchev–Trinajstić information content (AvgIpc) is 3.26. The van der Waals surface area contributed by atoms with Crippen LogP contribution in [0.1, 0.15) is 77.8 Å². The topological polar surface area (TPSA) is 60.2 Å². The molecule has 0 aliphatic heterocycles. The zero-order valence-electron chi connectivity index (χ0n) is 22.4. The fourth-order valence-corrected chi connectivity index (χ4v) is 3.82. The molecular formula is C30H40N4O. The minimum Gasteiger partial charge on any atom is -0.300 e. The molecule has 35 heavy (non-hydrogen) atoms. The first-order valence-electron chi connectivity index (χ1n) is 12.9. The molecule has 3 aromatic heterocycles. The van der Waals surface area contributed by atoms with Crippen molar-refractivity contribution in [1.29, 1.82) is 0 Å². The lowest BCUT2D eigenvalue weighted by molar-refractivity contribution is -0.117. The number of pyridine rings is 1. The monoisotopic (exact) mass is 472 g/mol. The summed E-state index contributed by atoms with van der Waals surface area (Å²) in [6, 6.07) is 14.6. The summed E-state index contributed by atoms with van der Waals surface area (Å²) in [5.74, 6) is 1.09. The van der Waals surface area contributed by atoms with Crippen molar-refractivity contribution in [2.24, 2.45) is 0 Å². The van der Waals surface area contributed by atoms with Gasteiger partial charge in [-0.15, -0.1) is 0 Å². The van der Waals surface area contributed by atoms with E-state index in [4.69, 9.17) is 9.97 Å². The Labute approximate surface area is 210 Å². The Morgan fingerprint density at radius 3 is 2.31 bits per heavy atom. The third-order valence-electron chi connectivity index (χ3n) is 5.43. The average molecular weight is 473 g/mol. The van der Waals surface area contributed by atoms with Gasteiger partial charge < -0.3 is 4.79 Å². The lowest BCUT2D eigenvalue weighted by Gasteiger charge is -2.08. The Morgan fingerprint density at radius 1 is 0.943 bits per heavy atom. The number of carbonyl (C=O) groups is 1. The highest BCUT2D eigenvalue weighted by Gasteiger charge is 2.18. The number of imidazole rings is 1. The molecule has 3 heterocycles. The molecule has 0 fully saturated rings. The fraction of sp³-hybridized carbons (Fsp3) is 0.400. The highest BCUT2D eigenvalue weighted by Crippen LogP contribution is 2.32. The van der Waals surface area contributed by atoms with Crippen molar-refractivity contribution >= 4 is 11.4 Å². The van der Waals surface area contributed by atoms with Crippen LogP contribution in [0.5, 0.6) is 0 Å². The van der Waals surface area contributed by atoms with Gasteiger partial charge >= 0.3 is 0 Å². The number of carbonyl (C=O) groups excluding carboxylic acids is 1. The van der Waals surface area contributed by atoms with Crippen LogP contribution in [0.15, 0.2) is 54.9 Å². The smallest absolute Gasteiger partial charge is 0.138 e. The number of hydrogen-bond donors (Lipinski definition) is 0. The summed E-state index contributed by atoms with van der Waals surface area (Å²) in [5, 5.41) is 0. The Kier molecular flexibility index (Phi) is 11.3. The number of aryl methyl sites for hydroxylation is 3. The highest BCUT2D eigenvalue weighted by molar-refractivity contribution is 5.80. The second-order valence-electron chi connectivity index (χ2n) is 8.10. The third kappa shape index (κ3) is 7.32. The molecule has 4 aromatic rings. The summed E-state index contributed by atoms with van der Waals surface area (Å²) >= 11 is 0. The minimum atomic E-state index is 0.234. The number of rotatable bonds is 8. The van der Waals surface area contributed by atoms with Crippen LogP contribution in [0.3, 0.4) is 0 Å². The summed E-state index contributed by atoms with van der Waals surface area (Å²) in [4.78, 5) is 25.5. The molecule has 0 saturated carbocycles. The van der Waals surface area contributed by atoms with Gasteiger partial charge in [-0.2, -0.15) is 0 Å². The van der Waals surface area contributed by atoms with Crippen molar-refractivity contribution < 1.29 is 4.79 Å². The molecule has 0 aliphatic rings. The molecular weight excluding hydrogens is 432 g/mol. The zero-order valence-corrected chi connectivity index (χ0v) is 22.4. The summed E-state index contributed by atoms with van der Waals surface area (Å²) in [5.41, 5.74) is 7.14. The summed E-state index contributed by atoms with van der Waals surface area (Å²) in [6.07, 6.45) is 8.10. The number of hydrogen-bond acceptors (Lipinski definition) is 4. The molecule has 0 atom stereocenters. The van der Waals surface area contributed by atoms with Gasteiger partial charge in [-0.05, 0) is 56.9 Å². The van der Waals surface area contributed by atoms with E-state index in [1.807, 2.05) is 40.0 Å². The Hall–Kier alpha value is -3.34. The van der Waals surface area contributed by atoms with E-state index in [0.717, 1.165) is 59.8 Å². The standard InChI is InChI=1S/C26H28N4O.2C2H6/c1-4-6-23-27-15-13-22(28-23)26-25(21-11-9-18(2)10-12-21)29-24-17-20(14-16-30(24)26)8-5-7-19(3)31;2*1-2/h9-17H,4-8H2,1-3H3;2*1-2H3. The van der Waals surface area contributed by atoms with Crippen molar-refractivity contribution in [3.05, 3.63) is 71.8 Å². The predicted molar refractivity (Wildman–Crippen MR) is 147 cm³/mol. The Bertz CT molecular complexity index is 1210. The van der Waals surface area contributed by atoms with E-state index in [1.165, 1.54) is 11.1 Å². The highest BCUT2D eigenvalue weighted by atomic mass is 16.1. The molecule has 0 N–H and O–H groups in total. The lowest BCUT2D eigenvalue weighted by atomic mass is 10.1. The molecule has 186 valence electrons.